The Balaban J connectivity index is 2.09. The second-order valence-corrected chi connectivity index (χ2v) is 12.6. The minimum Gasteiger partial charge on any atom is -0.282 e. The van der Waals surface area contributed by atoms with Gasteiger partial charge in [0.1, 0.15) is 14.7 Å². The van der Waals surface area contributed by atoms with Gasteiger partial charge in [-0.15, -0.1) is 0 Å². The van der Waals surface area contributed by atoms with E-state index in [1.54, 1.807) is 24.3 Å². The van der Waals surface area contributed by atoms with E-state index in [1.165, 1.54) is 42.5 Å². The smallest absolute Gasteiger partial charge is 0.282 e. The van der Waals surface area contributed by atoms with Crippen molar-refractivity contribution in [1.82, 2.24) is 0 Å². The molecule has 190 valence electrons. The largest absolute Gasteiger partial charge is 0.295 e. The third kappa shape index (κ3) is 4.07. The van der Waals surface area contributed by atoms with Crippen molar-refractivity contribution < 1.29 is 38.9 Å². The summed E-state index contributed by atoms with van der Waals surface area (Å²) in [6.07, 6.45) is 1.19. The number of rotatable bonds is 6. The number of hydrogen-bond acceptors (Lipinski definition) is 6. The molecule has 0 fully saturated rings. The minimum atomic E-state index is -5.09. The van der Waals surface area contributed by atoms with Gasteiger partial charge in [-0.05, 0) is 33.5 Å². The van der Waals surface area contributed by atoms with Crippen molar-refractivity contribution in [2.45, 2.75) is 21.1 Å². The van der Waals surface area contributed by atoms with E-state index >= 15 is 0 Å². The molecular formula is C25H18O9S3. The van der Waals surface area contributed by atoms with E-state index in [9.17, 15) is 38.9 Å². The van der Waals surface area contributed by atoms with Crippen molar-refractivity contribution in [3.05, 3.63) is 83.9 Å². The first-order valence-electron chi connectivity index (χ1n) is 10.6. The fourth-order valence-electron chi connectivity index (χ4n) is 4.99. The Hall–Kier alpha value is -3.39. The molecule has 0 aliphatic heterocycles. The highest BCUT2D eigenvalue weighted by Gasteiger charge is 2.32. The molecule has 0 saturated heterocycles. The van der Waals surface area contributed by atoms with Crippen LogP contribution in [-0.2, 0) is 36.8 Å². The first kappa shape index (κ1) is 25.3. The van der Waals surface area contributed by atoms with Gasteiger partial charge in [0.2, 0.25) is 0 Å². The van der Waals surface area contributed by atoms with Crippen molar-refractivity contribution in [2.75, 3.05) is 0 Å². The van der Waals surface area contributed by atoms with E-state index in [2.05, 4.69) is 6.58 Å². The van der Waals surface area contributed by atoms with Crippen LogP contribution in [0.2, 0.25) is 0 Å². The van der Waals surface area contributed by atoms with Crippen molar-refractivity contribution >= 4 is 68.7 Å². The maximum atomic E-state index is 12.8. The standard InChI is InChI=1S/C25H18O9S3/c1-2-14-5-3-4-6-16(14)13-20-24(36(29,30)31)18-9-7-15-8-12-21(35(26,27)28)17-10-11-19(23(18)22(15)17)25(20)37(32,33)34/h2-12H,1,13H2,(H,26,27,28)(H,29,30,31)(H,32,33,34). The van der Waals surface area contributed by atoms with Gasteiger partial charge in [0.25, 0.3) is 30.4 Å². The molecule has 5 aromatic rings. The third-order valence-corrected chi connectivity index (χ3v) is 9.22. The summed E-state index contributed by atoms with van der Waals surface area (Å²) in [5, 5.41) is 0.376. The molecule has 0 amide bonds. The monoisotopic (exact) mass is 558 g/mol. The van der Waals surface area contributed by atoms with Crippen LogP contribution in [0.5, 0.6) is 0 Å². The minimum absolute atomic E-state index is 0.00503. The highest BCUT2D eigenvalue weighted by molar-refractivity contribution is 7.87. The number of hydrogen-bond donors (Lipinski definition) is 3. The summed E-state index contributed by atoms with van der Waals surface area (Å²) >= 11 is 0. The summed E-state index contributed by atoms with van der Waals surface area (Å²) in [4.78, 5) is -1.95. The predicted molar refractivity (Wildman–Crippen MR) is 139 cm³/mol. The SMILES string of the molecule is C=Cc1ccccc1Cc1c(S(=O)(=O)O)c2ccc3ccc(S(=O)(=O)O)c4ccc(c1S(=O)(=O)O)c2c34. The Morgan fingerprint density at radius 2 is 1.19 bits per heavy atom. The van der Waals surface area contributed by atoms with Gasteiger partial charge < -0.3 is 0 Å². The maximum absolute atomic E-state index is 12.8. The number of benzene rings is 5. The van der Waals surface area contributed by atoms with E-state index in [0.29, 0.717) is 16.5 Å². The molecule has 37 heavy (non-hydrogen) atoms. The zero-order valence-corrected chi connectivity index (χ0v) is 21.2. The lowest BCUT2D eigenvalue weighted by Crippen LogP contribution is -2.13. The molecule has 0 saturated carbocycles. The second-order valence-electron chi connectivity index (χ2n) is 8.45. The molecular weight excluding hydrogens is 540 g/mol. The van der Waals surface area contributed by atoms with Crippen molar-refractivity contribution in [3.8, 4) is 0 Å². The van der Waals surface area contributed by atoms with Crippen LogP contribution in [0.15, 0.2) is 81.9 Å². The molecule has 0 heterocycles. The molecule has 5 aromatic carbocycles. The lowest BCUT2D eigenvalue weighted by Gasteiger charge is -2.21. The Morgan fingerprint density at radius 3 is 1.76 bits per heavy atom. The molecule has 0 bridgehead atoms. The average Bonchev–Trinajstić information content (AvgIpc) is 2.80. The molecule has 0 atom stereocenters. The van der Waals surface area contributed by atoms with Crippen LogP contribution in [-0.4, -0.2) is 38.9 Å². The molecule has 3 N–H and O–H groups in total. The lowest BCUT2D eigenvalue weighted by molar-refractivity contribution is 0.478. The molecule has 0 aromatic heterocycles. The average molecular weight is 559 g/mol. The van der Waals surface area contributed by atoms with E-state index in [-0.39, 0.29) is 38.9 Å². The van der Waals surface area contributed by atoms with Gasteiger partial charge in [-0.25, -0.2) is 0 Å². The zero-order chi connectivity index (χ0) is 26.9. The van der Waals surface area contributed by atoms with Crippen molar-refractivity contribution in [3.63, 3.8) is 0 Å². The van der Waals surface area contributed by atoms with Gasteiger partial charge in [0, 0.05) is 28.0 Å². The van der Waals surface area contributed by atoms with Gasteiger partial charge in [0.05, 0.1) is 0 Å². The molecule has 0 aliphatic rings. The van der Waals surface area contributed by atoms with E-state index in [0.717, 1.165) is 0 Å². The first-order valence-corrected chi connectivity index (χ1v) is 14.9. The normalized spacial score (nSPS) is 13.1. The fraction of sp³-hybridized carbons (Fsp3) is 0.0400. The molecule has 0 radical (unpaired) electrons. The molecule has 12 heteroatoms. The topological polar surface area (TPSA) is 163 Å². The highest BCUT2D eigenvalue weighted by atomic mass is 32.2. The molecule has 0 unspecified atom stereocenters. The maximum Gasteiger partial charge on any atom is 0.295 e. The van der Waals surface area contributed by atoms with Crippen LogP contribution in [0.3, 0.4) is 0 Å². The third-order valence-electron chi connectivity index (χ3n) is 6.35. The quantitative estimate of drug-likeness (QED) is 0.200. The zero-order valence-electron chi connectivity index (χ0n) is 18.8. The fourth-order valence-corrected chi connectivity index (χ4v) is 7.61. The summed E-state index contributed by atoms with van der Waals surface area (Å²) in [5.41, 5.74) is 0.696. The van der Waals surface area contributed by atoms with Crippen LogP contribution in [0.25, 0.3) is 38.4 Å². The van der Waals surface area contributed by atoms with Gasteiger partial charge >= 0.3 is 0 Å². The van der Waals surface area contributed by atoms with Crippen LogP contribution in [0.1, 0.15) is 16.7 Å². The van der Waals surface area contributed by atoms with Crippen molar-refractivity contribution in [2.24, 2.45) is 0 Å². The van der Waals surface area contributed by atoms with E-state index in [4.69, 9.17) is 0 Å². The van der Waals surface area contributed by atoms with Crippen LogP contribution < -0.4 is 0 Å². The predicted octanol–water partition coefficient (Wildman–Crippen LogP) is 4.56. The Bertz CT molecular complexity index is 2040. The molecule has 0 spiro atoms. The van der Waals surface area contributed by atoms with Crippen LogP contribution in [0, 0.1) is 0 Å². The Morgan fingerprint density at radius 1 is 0.649 bits per heavy atom. The molecule has 5 rings (SSSR count). The molecule has 9 nitrogen and oxygen atoms in total. The van der Waals surface area contributed by atoms with Gasteiger partial charge in [-0.3, -0.25) is 13.7 Å². The summed E-state index contributed by atoms with van der Waals surface area (Å²) in [5.74, 6) is 0. The lowest BCUT2D eigenvalue weighted by atomic mass is 9.90. The summed E-state index contributed by atoms with van der Waals surface area (Å²) in [6.45, 7) is 3.71. The van der Waals surface area contributed by atoms with Crippen LogP contribution >= 0.6 is 0 Å². The Kier molecular flexibility index (Phi) is 5.68. The first-order chi connectivity index (χ1) is 17.2. The Labute approximate surface area is 212 Å². The summed E-state index contributed by atoms with van der Waals surface area (Å²) in [7, 11) is -14.9. The summed E-state index contributed by atoms with van der Waals surface area (Å²) < 4.78 is 106. The van der Waals surface area contributed by atoms with Crippen molar-refractivity contribution in [1.29, 1.82) is 0 Å². The van der Waals surface area contributed by atoms with Gasteiger partial charge in [-0.1, -0.05) is 67.3 Å². The van der Waals surface area contributed by atoms with Gasteiger partial charge in [0.15, 0.2) is 0 Å². The van der Waals surface area contributed by atoms with E-state index < -0.39 is 45.0 Å². The van der Waals surface area contributed by atoms with Crippen LogP contribution in [0.4, 0.5) is 0 Å². The highest BCUT2D eigenvalue weighted by Crippen LogP contribution is 2.45. The van der Waals surface area contributed by atoms with E-state index in [1.807, 2.05) is 0 Å². The van der Waals surface area contributed by atoms with Gasteiger partial charge in [-0.2, -0.15) is 25.3 Å². The summed E-state index contributed by atoms with van der Waals surface area (Å²) in [6, 6.07) is 14.6. The molecule has 0 aliphatic carbocycles. The second kappa shape index (κ2) is 8.31.